The summed E-state index contributed by atoms with van der Waals surface area (Å²) in [7, 11) is -1.46. The highest BCUT2D eigenvalue weighted by molar-refractivity contribution is 7.91. The Bertz CT molecular complexity index is 643. The third-order valence-corrected chi connectivity index (χ3v) is 6.01. The van der Waals surface area contributed by atoms with Crippen molar-refractivity contribution in [2.24, 2.45) is 0 Å². The summed E-state index contributed by atoms with van der Waals surface area (Å²) in [5, 5.41) is 2.90. The minimum Gasteiger partial charge on any atom is -0.383 e. The summed E-state index contributed by atoms with van der Waals surface area (Å²) in [6, 6.07) is 7.71. The van der Waals surface area contributed by atoms with E-state index < -0.39 is 9.84 Å². The van der Waals surface area contributed by atoms with Gasteiger partial charge in [0, 0.05) is 26.2 Å². The number of hydrogen-bond acceptors (Lipinski definition) is 4. The number of carbonyl (C=O) groups excluding carboxylic acids is 1. The third kappa shape index (κ3) is 5.49. The van der Waals surface area contributed by atoms with E-state index >= 15 is 0 Å². The molecule has 1 N–H and O–H groups in total. The Labute approximate surface area is 144 Å². The maximum Gasteiger partial charge on any atom is 0.317 e. The van der Waals surface area contributed by atoms with E-state index in [1.807, 2.05) is 31.2 Å². The monoisotopic (exact) mass is 354 g/mol. The van der Waals surface area contributed by atoms with E-state index in [9.17, 15) is 13.2 Å². The molecular weight excluding hydrogens is 328 g/mol. The maximum absolute atomic E-state index is 12.5. The van der Waals surface area contributed by atoms with Gasteiger partial charge in [0.05, 0.1) is 18.1 Å². The second-order valence-corrected chi connectivity index (χ2v) is 8.44. The number of carbonyl (C=O) groups is 1. The summed E-state index contributed by atoms with van der Waals surface area (Å²) < 4.78 is 28.4. The first-order chi connectivity index (χ1) is 11.4. The Morgan fingerprint density at radius 1 is 1.33 bits per heavy atom. The van der Waals surface area contributed by atoms with Crippen LogP contribution in [0.3, 0.4) is 0 Å². The van der Waals surface area contributed by atoms with Crippen molar-refractivity contribution in [3.05, 3.63) is 35.4 Å². The lowest BCUT2D eigenvalue weighted by Crippen LogP contribution is -2.48. The number of benzene rings is 1. The first-order valence-corrected chi connectivity index (χ1v) is 10.0. The van der Waals surface area contributed by atoms with E-state index in [2.05, 4.69) is 5.32 Å². The fraction of sp³-hybridized carbons (Fsp3) is 0.588. The van der Waals surface area contributed by atoms with Crippen molar-refractivity contribution in [3.63, 3.8) is 0 Å². The summed E-state index contributed by atoms with van der Waals surface area (Å²) in [6.07, 6.45) is 1.24. The van der Waals surface area contributed by atoms with Crippen molar-refractivity contribution < 1.29 is 17.9 Å². The van der Waals surface area contributed by atoms with Crippen LogP contribution in [-0.2, 0) is 21.0 Å². The first-order valence-electron chi connectivity index (χ1n) is 8.20. The molecule has 0 spiro atoms. The number of amides is 2. The molecule has 1 aliphatic heterocycles. The van der Waals surface area contributed by atoms with Crippen molar-refractivity contribution in [2.75, 3.05) is 38.3 Å². The van der Waals surface area contributed by atoms with Crippen LogP contribution in [0.15, 0.2) is 24.3 Å². The molecule has 6 nitrogen and oxygen atoms in total. The van der Waals surface area contributed by atoms with Crippen molar-refractivity contribution in [3.8, 4) is 0 Å². The molecule has 134 valence electrons. The Kier molecular flexibility index (Phi) is 6.62. The number of methoxy groups -OCH3 is 1. The maximum atomic E-state index is 12.5. The van der Waals surface area contributed by atoms with E-state index in [0.717, 1.165) is 12.0 Å². The van der Waals surface area contributed by atoms with Gasteiger partial charge >= 0.3 is 6.03 Å². The summed E-state index contributed by atoms with van der Waals surface area (Å²) in [5.41, 5.74) is 2.36. The van der Waals surface area contributed by atoms with Gasteiger partial charge in [-0.1, -0.05) is 29.8 Å². The molecule has 0 saturated carbocycles. The molecule has 1 heterocycles. The highest BCUT2D eigenvalue weighted by Gasteiger charge is 2.34. The first kappa shape index (κ1) is 18.7. The van der Waals surface area contributed by atoms with Crippen LogP contribution in [0, 0.1) is 6.92 Å². The van der Waals surface area contributed by atoms with Gasteiger partial charge in [0.2, 0.25) is 0 Å². The van der Waals surface area contributed by atoms with Crippen LogP contribution in [0.25, 0.3) is 0 Å². The van der Waals surface area contributed by atoms with Crippen LogP contribution in [-0.4, -0.2) is 63.7 Å². The lowest BCUT2D eigenvalue weighted by Gasteiger charge is -2.28. The highest BCUT2D eigenvalue weighted by atomic mass is 32.2. The summed E-state index contributed by atoms with van der Waals surface area (Å²) in [6.45, 7) is 3.34. The van der Waals surface area contributed by atoms with Gasteiger partial charge in [-0.2, -0.15) is 0 Å². The Morgan fingerprint density at radius 2 is 2.04 bits per heavy atom. The second-order valence-electron chi connectivity index (χ2n) is 6.21. The molecule has 24 heavy (non-hydrogen) atoms. The van der Waals surface area contributed by atoms with Crippen LogP contribution in [0.1, 0.15) is 17.5 Å². The average Bonchev–Trinajstić information content (AvgIpc) is 2.89. The molecule has 0 bridgehead atoms. The molecule has 0 aromatic heterocycles. The van der Waals surface area contributed by atoms with Gasteiger partial charge in [-0.3, -0.25) is 0 Å². The molecular formula is C17H26N2O4S. The molecule has 1 fully saturated rings. The van der Waals surface area contributed by atoms with E-state index in [1.165, 1.54) is 5.56 Å². The Balaban J connectivity index is 1.88. The number of urea groups is 1. The smallest absolute Gasteiger partial charge is 0.317 e. The molecule has 2 rings (SSSR count). The van der Waals surface area contributed by atoms with Crippen molar-refractivity contribution in [2.45, 2.75) is 25.8 Å². The van der Waals surface area contributed by atoms with Gasteiger partial charge in [0.15, 0.2) is 9.84 Å². The minimum atomic E-state index is -3.03. The zero-order valence-corrected chi connectivity index (χ0v) is 15.1. The van der Waals surface area contributed by atoms with Gasteiger partial charge in [-0.05, 0) is 25.3 Å². The molecule has 1 aliphatic rings. The van der Waals surface area contributed by atoms with Crippen LogP contribution in [0.4, 0.5) is 4.79 Å². The standard InChI is InChI=1S/C17H26N2O4S/c1-14-3-5-15(6-4-14)7-9-18-17(20)19(10-11-23-2)16-8-12-24(21,22)13-16/h3-6,16H,7-13H2,1-2H3,(H,18,20). The number of hydrogen-bond donors (Lipinski definition) is 1. The van der Waals surface area contributed by atoms with Crippen LogP contribution >= 0.6 is 0 Å². The number of nitrogens with one attached hydrogen (secondary N) is 1. The minimum absolute atomic E-state index is 0.0437. The topological polar surface area (TPSA) is 75.7 Å². The van der Waals surface area contributed by atoms with Crippen molar-refractivity contribution in [1.29, 1.82) is 0 Å². The summed E-state index contributed by atoms with van der Waals surface area (Å²) >= 11 is 0. The Hall–Kier alpha value is -1.60. The van der Waals surface area contributed by atoms with Gasteiger partial charge < -0.3 is 15.0 Å². The number of ether oxygens (including phenoxy) is 1. The molecule has 1 saturated heterocycles. The quantitative estimate of drug-likeness (QED) is 0.803. The summed E-state index contributed by atoms with van der Waals surface area (Å²) in [5.74, 6) is 0.194. The zero-order valence-electron chi connectivity index (χ0n) is 14.3. The van der Waals surface area contributed by atoms with E-state index in [0.29, 0.717) is 26.1 Å². The van der Waals surface area contributed by atoms with Crippen molar-refractivity contribution >= 4 is 15.9 Å². The molecule has 0 aliphatic carbocycles. The summed E-state index contributed by atoms with van der Waals surface area (Å²) in [4.78, 5) is 14.1. The Morgan fingerprint density at radius 3 is 2.62 bits per heavy atom. The number of nitrogens with zero attached hydrogens (tertiary/aromatic N) is 1. The highest BCUT2D eigenvalue weighted by Crippen LogP contribution is 2.17. The van der Waals surface area contributed by atoms with Gasteiger partial charge in [-0.15, -0.1) is 0 Å². The molecule has 0 radical (unpaired) electrons. The lowest BCUT2D eigenvalue weighted by atomic mass is 10.1. The lowest BCUT2D eigenvalue weighted by molar-refractivity contribution is 0.134. The van der Waals surface area contributed by atoms with Crippen LogP contribution in [0.2, 0.25) is 0 Å². The number of rotatable bonds is 7. The van der Waals surface area contributed by atoms with Gasteiger partial charge in [-0.25, -0.2) is 13.2 Å². The normalized spacial score (nSPS) is 19.2. The van der Waals surface area contributed by atoms with E-state index in [4.69, 9.17) is 4.74 Å². The van der Waals surface area contributed by atoms with Gasteiger partial charge in [0.25, 0.3) is 0 Å². The molecule has 7 heteroatoms. The zero-order chi connectivity index (χ0) is 17.6. The van der Waals surface area contributed by atoms with E-state index in [1.54, 1.807) is 12.0 Å². The SMILES string of the molecule is COCCN(C(=O)NCCc1ccc(C)cc1)C1CCS(=O)(=O)C1. The van der Waals surface area contributed by atoms with Crippen molar-refractivity contribution in [1.82, 2.24) is 10.2 Å². The molecule has 1 aromatic rings. The molecule has 1 atom stereocenters. The molecule has 1 aromatic carbocycles. The molecule has 1 unspecified atom stereocenters. The number of sulfone groups is 1. The molecule has 2 amide bonds. The average molecular weight is 354 g/mol. The second kappa shape index (κ2) is 8.48. The third-order valence-electron chi connectivity index (χ3n) is 4.26. The fourth-order valence-electron chi connectivity index (χ4n) is 2.83. The van der Waals surface area contributed by atoms with E-state index in [-0.39, 0.29) is 23.6 Å². The van der Waals surface area contributed by atoms with Crippen LogP contribution < -0.4 is 5.32 Å². The predicted octanol–water partition coefficient (Wildman–Crippen LogP) is 1.38. The largest absolute Gasteiger partial charge is 0.383 e. The fourth-order valence-corrected chi connectivity index (χ4v) is 4.56. The number of aryl methyl sites for hydroxylation is 1. The van der Waals surface area contributed by atoms with Gasteiger partial charge in [0.1, 0.15) is 0 Å². The van der Waals surface area contributed by atoms with Crippen LogP contribution in [0.5, 0.6) is 0 Å². The predicted molar refractivity (Wildman–Crippen MR) is 93.9 cm³/mol.